The molecule has 0 aliphatic heterocycles. The van der Waals surface area contributed by atoms with Crippen LogP contribution in [0.25, 0.3) is 0 Å². The first-order chi connectivity index (χ1) is 6.43. The first-order valence-corrected chi connectivity index (χ1v) is 6.88. The Morgan fingerprint density at radius 3 is 2.29 bits per heavy atom. The molecule has 80 valence electrons. The highest BCUT2D eigenvalue weighted by Crippen LogP contribution is 2.39. The largest absolute Gasteiger partial charge is 0.143 e. The van der Waals surface area contributed by atoms with Crippen LogP contribution < -0.4 is 0 Å². The fraction of sp³-hybridized carbons (Fsp3) is 0.636. The van der Waals surface area contributed by atoms with Crippen molar-refractivity contribution in [2.24, 2.45) is 11.8 Å². The van der Waals surface area contributed by atoms with Gasteiger partial charge in [-0.15, -0.1) is 22.9 Å². The Hall–Kier alpha value is 0.470. The number of hydrogen-bond donors (Lipinski definition) is 0. The van der Waals surface area contributed by atoms with Crippen molar-refractivity contribution in [2.45, 2.75) is 33.1 Å². The van der Waals surface area contributed by atoms with Crippen molar-refractivity contribution >= 4 is 38.9 Å². The normalized spacial score (nSPS) is 15.9. The summed E-state index contributed by atoms with van der Waals surface area (Å²) in [5.74, 6) is 1.14. The smallest absolute Gasteiger partial charge is 0.0707 e. The number of hydrogen-bond acceptors (Lipinski definition) is 1. The molecule has 0 radical (unpaired) electrons. The van der Waals surface area contributed by atoms with E-state index in [9.17, 15) is 0 Å². The monoisotopic (exact) mass is 294 g/mol. The minimum Gasteiger partial charge on any atom is -0.143 e. The molecule has 2 atom stereocenters. The van der Waals surface area contributed by atoms with E-state index >= 15 is 0 Å². The zero-order valence-electron chi connectivity index (χ0n) is 8.97. The van der Waals surface area contributed by atoms with E-state index in [0.29, 0.717) is 11.8 Å². The predicted molar refractivity (Wildman–Crippen MR) is 69.4 cm³/mol. The van der Waals surface area contributed by atoms with Crippen LogP contribution in [0.4, 0.5) is 0 Å². The average Bonchev–Trinajstić information content (AvgIpc) is 2.44. The molecule has 0 aliphatic rings. The summed E-state index contributed by atoms with van der Waals surface area (Å²) in [4.78, 5) is 2.58. The zero-order chi connectivity index (χ0) is 10.9. The van der Waals surface area contributed by atoms with Crippen molar-refractivity contribution in [1.82, 2.24) is 0 Å². The maximum atomic E-state index is 6.43. The lowest BCUT2D eigenvalue weighted by Crippen LogP contribution is -2.09. The SMILES string of the molecule is Cc1sc(C(Cl)C(C)C(C)C)cc1Br. The van der Waals surface area contributed by atoms with Gasteiger partial charge in [0.05, 0.1) is 5.38 Å². The molecule has 0 nitrogen and oxygen atoms in total. The van der Waals surface area contributed by atoms with Crippen LogP contribution in [0.15, 0.2) is 10.5 Å². The molecule has 3 heteroatoms. The van der Waals surface area contributed by atoms with Crippen LogP contribution in [0.3, 0.4) is 0 Å². The molecule has 0 saturated carbocycles. The fourth-order valence-corrected chi connectivity index (χ4v) is 3.36. The molecule has 2 unspecified atom stereocenters. The van der Waals surface area contributed by atoms with Crippen molar-refractivity contribution in [3.05, 3.63) is 20.3 Å². The second-order valence-corrected chi connectivity index (χ2v) is 6.67. The summed E-state index contributed by atoms with van der Waals surface area (Å²) in [6.45, 7) is 8.76. The molecule has 0 bridgehead atoms. The Kier molecular flexibility index (Phi) is 4.48. The van der Waals surface area contributed by atoms with E-state index in [2.05, 4.69) is 49.7 Å². The van der Waals surface area contributed by atoms with Crippen LogP contribution in [0.2, 0.25) is 0 Å². The summed E-state index contributed by atoms with van der Waals surface area (Å²) >= 11 is 11.7. The summed E-state index contributed by atoms with van der Waals surface area (Å²) in [5.41, 5.74) is 0. The van der Waals surface area contributed by atoms with E-state index in [1.807, 2.05) is 0 Å². The van der Waals surface area contributed by atoms with Crippen LogP contribution in [0.5, 0.6) is 0 Å². The van der Waals surface area contributed by atoms with Crippen molar-refractivity contribution in [3.8, 4) is 0 Å². The number of aryl methyl sites for hydroxylation is 1. The molecule has 0 saturated heterocycles. The lowest BCUT2D eigenvalue weighted by Gasteiger charge is -2.20. The number of halogens is 2. The van der Waals surface area contributed by atoms with Gasteiger partial charge in [0.25, 0.3) is 0 Å². The summed E-state index contributed by atoms with van der Waals surface area (Å²) in [5, 5.41) is 0.144. The summed E-state index contributed by atoms with van der Waals surface area (Å²) in [7, 11) is 0. The maximum Gasteiger partial charge on any atom is 0.0707 e. The van der Waals surface area contributed by atoms with E-state index in [1.54, 1.807) is 11.3 Å². The molecule has 0 aromatic carbocycles. The fourth-order valence-electron chi connectivity index (χ4n) is 1.21. The van der Waals surface area contributed by atoms with Gasteiger partial charge in [0.2, 0.25) is 0 Å². The first-order valence-electron chi connectivity index (χ1n) is 4.83. The van der Waals surface area contributed by atoms with Crippen LogP contribution in [0.1, 0.15) is 35.9 Å². The maximum absolute atomic E-state index is 6.43. The lowest BCUT2D eigenvalue weighted by atomic mass is 9.94. The minimum absolute atomic E-state index is 0.144. The van der Waals surface area contributed by atoms with Crippen LogP contribution in [-0.4, -0.2) is 0 Å². The molecule has 0 spiro atoms. The highest BCUT2D eigenvalue weighted by molar-refractivity contribution is 9.10. The first kappa shape index (κ1) is 12.5. The quantitative estimate of drug-likeness (QED) is 0.656. The molecule has 14 heavy (non-hydrogen) atoms. The van der Waals surface area contributed by atoms with E-state index in [1.165, 1.54) is 14.2 Å². The second kappa shape index (κ2) is 5.00. The number of alkyl halides is 1. The Morgan fingerprint density at radius 2 is 1.93 bits per heavy atom. The van der Waals surface area contributed by atoms with Gasteiger partial charge in [0.1, 0.15) is 0 Å². The Balaban J connectivity index is 2.83. The van der Waals surface area contributed by atoms with Crippen LogP contribution >= 0.6 is 38.9 Å². The Labute approximate surface area is 104 Å². The Bertz CT molecular complexity index is 287. The van der Waals surface area contributed by atoms with E-state index < -0.39 is 0 Å². The van der Waals surface area contributed by atoms with Gasteiger partial charge in [0, 0.05) is 14.2 Å². The molecule has 1 rings (SSSR count). The molecule has 0 fully saturated rings. The van der Waals surface area contributed by atoms with Gasteiger partial charge in [-0.1, -0.05) is 20.8 Å². The van der Waals surface area contributed by atoms with Gasteiger partial charge in [0.15, 0.2) is 0 Å². The third-order valence-corrected chi connectivity index (χ3v) is 5.64. The molecule has 0 aliphatic carbocycles. The van der Waals surface area contributed by atoms with Gasteiger partial charge in [-0.25, -0.2) is 0 Å². The van der Waals surface area contributed by atoms with E-state index in [-0.39, 0.29) is 5.38 Å². The summed E-state index contributed by atoms with van der Waals surface area (Å²) in [6.07, 6.45) is 0. The molecular formula is C11H16BrClS. The van der Waals surface area contributed by atoms with Crippen LogP contribution in [-0.2, 0) is 0 Å². The van der Waals surface area contributed by atoms with E-state index in [4.69, 9.17) is 11.6 Å². The van der Waals surface area contributed by atoms with Gasteiger partial charge in [-0.2, -0.15) is 0 Å². The van der Waals surface area contributed by atoms with Gasteiger partial charge < -0.3 is 0 Å². The summed E-state index contributed by atoms with van der Waals surface area (Å²) in [6, 6.07) is 2.15. The third-order valence-electron chi connectivity index (χ3n) is 2.66. The highest BCUT2D eigenvalue weighted by Gasteiger charge is 2.21. The van der Waals surface area contributed by atoms with Gasteiger partial charge >= 0.3 is 0 Å². The van der Waals surface area contributed by atoms with Gasteiger partial charge in [-0.05, 0) is 40.8 Å². The molecule has 0 amide bonds. The molecular weight excluding hydrogens is 280 g/mol. The summed E-state index contributed by atoms with van der Waals surface area (Å²) < 4.78 is 1.18. The number of thiophene rings is 1. The van der Waals surface area contributed by atoms with Crippen molar-refractivity contribution in [2.75, 3.05) is 0 Å². The topological polar surface area (TPSA) is 0 Å². The number of rotatable bonds is 3. The van der Waals surface area contributed by atoms with Crippen LogP contribution in [0, 0.1) is 18.8 Å². The van der Waals surface area contributed by atoms with Crippen molar-refractivity contribution in [3.63, 3.8) is 0 Å². The highest BCUT2D eigenvalue weighted by atomic mass is 79.9. The molecule has 1 aromatic heterocycles. The molecule has 1 heterocycles. The van der Waals surface area contributed by atoms with Crippen molar-refractivity contribution in [1.29, 1.82) is 0 Å². The van der Waals surface area contributed by atoms with Crippen molar-refractivity contribution < 1.29 is 0 Å². The Morgan fingerprint density at radius 1 is 1.36 bits per heavy atom. The zero-order valence-corrected chi connectivity index (χ0v) is 12.1. The van der Waals surface area contributed by atoms with Gasteiger partial charge in [-0.3, -0.25) is 0 Å². The standard InChI is InChI=1S/C11H16BrClS/c1-6(2)7(3)11(13)10-5-9(12)8(4)14-10/h5-7,11H,1-4H3. The second-order valence-electron chi connectivity index (χ2n) is 4.06. The van der Waals surface area contributed by atoms with E-state index in [0.717, 1.165) is 0 Å². The third kappa shape index (κ3) is 2.74. The lowest BCUT2D eigenvalue weighted by molar-refractivity contribution is 0.409. The molecule has 0 N–H and O–H groups in total. The average molecular weight is 296 g/mol. The minimum atomic E-state index is 0.144. The predicted octanol–water partition coefficient (Wildman–Crippen LogP) is 5.39. The molecule has 1 aromatic rings.